The standard InChI is InChI=1S/C8H15NO3/c1-6-5-9(3-4-12-6)8(11)7(2)10/h6-7,10H,3-5H2,1-2H3/t6?,7-/m1/s1. The molecule has 1 aliphatic rings. The van der Waals surface area contributed by atoms with Crippen LogP contribution in [0.15, 0.2) is 0 Å². The van der Waals surface area contributed by atoms with Gasteiger partial charge in [0, 0.05) is 13.1 Å². The highest BCUT2D eigenvalue weighted by molar-refractivity contribution is 5.80. The average Bonchev–Trinajstić information content (AvgIpc) is 2.03. The molecule has 1 unspecified atom stereocenters. The Labute approximate surface area is 72.1 Å². The lowest BCUT2D eigenvalue weighted by Crippen LogP contribution is -2.47. The van der Waals surface area contributed by atoms with Crippen molar-refractivity contribution in [2.45, 2.75) is 26.1 Å². The van der Waals surface area contributed by atoms with Gasteiger partial charge in [-0.05, 0) is 13.8 Å². The molecule has 12 heavy (non-hydrogen) atoms. The van der Waals surface area contributed by atoms with Crippen LogP contribution in [0.1, 0.15) is 13.8 Å². The fourth-order valence-corrected chi connectivity index (χ4v) is 1.28. The van der Waals surface area contributed by atoms with Crippen LogP contribution in [-0.4, -0.2) is 47.8 Å². The van der Waals surface area contributed by atoms with E-state index in [2.05, 4.69) is 0 Å². The third-order valence-electron chi connectivity index (χ3n) is 1.91. The van der Waals surface area contributed by atoms with E-state index in [0.717, 1.165) is 0 Å². The van der Waals surface area contributed by atoms with E-state index in [9.17, 15) is 4.79 Å². The molecule has 1 N–H and O–H groups in total. The summed E-state index contributed by atoms with van der Waals surface area (Å²) in [6.07, 6.45) is -0.809. The van der Waals surface area contributed by atoms with E-state index in [1.165, 1.54) is 6.92 Å². The van der Waals surface area contributed by atoms with Crippen molar-refractivity contribution >= 4 is 5.91 Å². The Morgan fingerprint density at radius 3 is 2.92 bits per heavy atom. The lowest BCUT2D eigenvalue weighted by molar-refractivity contribution is -0.146. The molecule has 1 aliphatic heterocycles. The van der Waals surface area contributed by atoms with Crippen LogP contribution in [0.4, 0.5) is 0 Å². The van der Waals surface area contributed by atoms with Crippen molar-refractivity contribution in [3.63, 3.8) is 0 Å². The summed E-state index contributed by atoms with van der Waals surface area (Å²) in [7, 11) is 0. The van der Waals surface area contributed by atoms with Crippen molar-refractivity contribution < 1.29 is 14.6 Å². The van der Waals surface area contributed by atoms with Crippen molar-refractivity contribution in [3.8, 4) is 0 Å². The fraction of sp³-hybridized carbons (Fsp3) is 0.875. The number of nitrogens with zero attached hydrogens (tertiary/aromatic N) is 1. The summed E-state index contributed by atoms with van der Waals surface area (Å²) in [5.41, 5.74) is 0. The third-order valence-corrected chi connectivity index (χ3v) is 1.91. The van der Waals surface area contributed by atoms with Gasteiger partial charge in [-0.25, -0.2) is 0 Å². The summed E-state index contributed by atoms with van der Waals surface area (Å²) in [6, 6.07) is 0. The molecule has 2 atom stereocenters. The number of aliphatic hydroxyl groups excluding tert-OH is 1. The molecule has 0 aromatic carbocycles. The van der Waals surface area contributed by atoms with Crippen LogP contribution in [0.25, 0.3) is 0 Å². The summed E-state index contributed by atoms with van der Waals surface area (Å²) in [4.78, 5) is 12.9. The zero-order valence-corrected chi connectivity index (χ0v) is 7.49. The quantitative estimate of drug-likeness (QED) is 0.587. The first-order chi connectivity index (χ1) is 5.61. The van der Waals surface area contributed by atoms with E-state index in [1.807, 2.05) is 6.92 Å². The first kappa shape index (κ1) is 9.48. The highest BCUT2D eigenvalue weighted by Crippen LogP contribution is 2.05. The second kappa shape index (κ2) is 3.87. The van der Waals surface area contributed by atoms with Gasteiger partial charge in [0.05, 0.1) is 12.7 Å². The smallest absolute Gasteiger partial charge is 0.251 e. The minimum atomic E-state index is -0.893. The maximum atomic E-state index is 11.3. The summed E-state index contributed by atoms with van der Waals surface area (Å²) < 4.78 is 5.26. The SMILES string of the molecule is CC1CN(C(=O)[C@@H](C)O)CCO1. The van der Waals surface area contributed by atoms with Gasteiger partial charge in [-0.1, -0.05) is 0 Å². The molecule has 4 nitrogen and oxygen atoms in total. The van der Waals surface area contributed by atoms with Crippen LogP contribution in [0.3, 0.4) is 0 Å². The average molecular weight is 173 g/mol. The molecule has 0 saturated carbocycles. The Balaban J connectivity index is 2.46. The van der Waals surface area contributed by atoms with E-state index < -0.39 is 6.10 Å². The minimum absolute atomic E-state index is 0.0847. The zero-order valence-electron chi connectivity index (χ0n) is 7.49. The van der Waals surface area contributed by atoms with Gasteiger partial charge in [0.25, 0.3) is 5.91 Å². The maximum absolute atomic E-state index is 11.3. The van der Waals surface area contributed by atoms with E-state index >= 15 is 0 Å². The monoisotopic (exact) mass is 173 g/mol. The molecule has 1 rings (SSSR count). The molecule has 0 bridgehead atoms. The Bertz CT molecular complexity index is 170. The molecule has 70 valence electrons. The van der Waals surface area contributed by atoms with Crippen LogP contribution in [0.5, 0.6) is 0 Å². The van der Waals surface area contributed by atoms with Gasteiger partial charge in [-0.15, -0.1) is 0 Å². The van der Waals surface area contributed by atoms with Crippen molar-refractivity contribution in [1.82, 2.24) is 4.90 Å². The molecule has 1 heterocycles. The van der Waals surface area contributed by atoms with Gasteiger partial charge in [0.2, 0.25) is 0 Å². The van der Waals surface area contributed by atoms with Crippen molar-refractivity contribution in [2.24, 2.45) is 0 Å². The molecular weight excluding hydrogens is 158 g/mol. The van der Waals surface area contributed by atoms with E-state index in [1.54, 1.807) is 4.90 Å². The van der Waals surface area contributed by atoms with Gasteiger partial charge in [0.15, 0.2) is 0 Å². The number of carbonyl (C=O) groups is 1. The predicted molar refractivity (Wildman–Crippen MR) is 43.7 cm³/mol. The molecule has 4 heteroatoms. The number of amides is 1. The Kier molecular flexibility index (Phi) is 3.05. The van der Waals surface area contributed by atoms with Crippen LogP contribution >= 0.6 is 0 Å². The van der Waals surface area contributed by atoms with Gasteiger partial charge in [-0.3, -0.25) is 4.79 Å². The first-order valence-corrected chi connectivity index (χ1v) is 4.19. The van der Waals surface area contributed by atoms with Gasteiger partial charge in [0.1, 0.15) is 6.10 Å². The normalized spacial score (nSPS) is 26.9. The molecule has 0 aliphatic carbocycles. The molecule has 1 saturated heterocycles. The van der Waals surface area contributed by atoms with Crippen LogP contribution in [0.2, 0.25) is 0 Å². The molecule has 0 aromatic heterocycles. The number of ether oxygens (including phenoxy) is 1. The molecule has 0 aromatic rings. The lowest BCUT2D eigenvalue weighted by Gasteiger charge is -2.31. The van der Waals surface area contributed by atoms with E-state index in [4.69, 9.17) is 9.84 Å². The van der Waals surface area contributed by atoms with E-state index in [0.29, 0.717) is 19.7 Å². The lowest BCUT2D eigenvalue weighted by atomic mass is 10.2. The fourth-order valence-electron chi connectivity index (χ4n) is 1.28. The molecule has 1 amide bonds. The van der Waals surface area contributed by atoms with Crippen LogP contribution < -0.4 is 0 Å². The summed E-state index contributed by atoms with van der Waals surface area (Å²) in [6.45, 7) is 5.15. The Hall–Kier alpha value is -0.610. The third kappa shape index (κ3) is 2.19. The summed E-state index contributed by atoms with van der Waals surface area (Å²) in [5, 5.41) is 9.03. The largest absolute Gasteiger partial charge is 0.384 e. The van der Waals surface area contributed by atoms with Crippen molar-refractivity contribution in [3.05, 3.63) is 0 Å². The number of morpholine rings is 1. The predicted octanol–water partition coefficient (Wildman–Crippen LogP) is -0.385. The van der Waals surface area contributed by atoms with Gasteiger partial charge in [-0.2, -0.15) is 0 Å². The van der Waals surface area contributed by atoms with Crippen molar-refractivity contribution in [1.29, 1.82) is 0 Å². The first-order valence-electron chi connectivity index (χ1n) is 4.19. The summed E-state index contributed by atoms with van der Waals surface area (Å²) in [5.74, 6) is -0.204. The van der Waals surface area contributed by atoms with Crippen LogP contribution in [0, 0.1) is 0 Å². The number of aliphatic hydroxyl groups is 1. The second-order valence-electron chi connectivity index (χ2n) is 3.14. The number of hydrogen-bond acceptors (Lipinski definition) is 3. The topological polar surface area (TPSA) is 49.8 Å². The summed E-state index contributed by atoms with van der Waals surface area (Å²) >= 11 is 0. The van der Waals surface area contributed by atoms with Gasteiger partial charge < -0.3 is 14.7 Å². The maximum Gasteiger partial charge on any atom is 0.251 e. The van der Waals surface area contributed by atoms with E-state index in [-0.39, 0.29) is 12.0 Å². The Morgan fingerprint density at radius 1 is 1.75 bits per heavy atom. The van der Waals surface area contributed by atoms with Crippen LogP contribution in [-0.2, 0) is 9.53 Å². The molecule has 0 radical (unpaired) electrons. The highest BCUT2D eigenvalue weighted by Gasteiger charge is 2.23. The molecule has 0 spiro atoms. The minimum Gasteiger partial charge on any atom is -0.384 e. The second-order valence-corrected chi connectivity index (χ2v) is 3.14. The molecular formula is C8H15NO3. The number of carbonyl (C=O) groups excluding carboxylic acids is 1. The Morgan fingerprint density at radius 2 is 2.42 bits per heavy atom. The number of rotatable bonds is 1. The zero-order chi connectivity index (χ0) is 9.14. The molecule has 1 fully saturated rings. The van der Waals surface area contributed by atoms with Gasteiger partial charge >= 0.3 is 0 Å². The van der Waals surface area contributed by atoms with Crippen molar-refractivity contribution in [2.75, 3.05) is 19.7 Å². The number of hydrogen-bond donors (Lipinski definition) is 1. The highest BCUT2D eigenvalue weighted by atomic mass is 16.5.